The van der Waals surface area contributed by atoms with Gasteiger partial charge in [-0.1, -0.05) is 24.3 Å². The molecule has 0 spiro atoms. The monoisotopic (exact) mass is 505 g/mol. The minimum absolute atomic E-state index is 0.0214. The van der Waals surface area contributed by atoms with E-state index in [2.05, 4.69) is 10.4 Å². The summed E-state index contributed by atoms with van der Waals surface area (Å²) in [5.41, 5.74) is -3.70. The van der Waals surface area contributed by atoms with E-state index in [9.17, 15) is 35.9 Å². The van der Waals surface area contributed by atoms with E-state index in [1.165, 1.54) is 32.1 Å². The van der Waals surface area contributed by atoms with E-state index in [-0.39, 0.29) is 12.0 Å². The number of ether oxygens (including phenoxy) is 1. The van der Waals surface area contributed by atoms with E-state index in [4.69, 9.17) is 9.84 Å². The third kappa shape index (κ3) is 7.11. The quantitative estimate of drug-likeness (QED) is 0.287. The van der Waals surface area contributed by atoms with Crippen molar-refractivity contribution >= 4 is 11.9 Å². The van der Waals surface area contributed by atoms with Crippen LogP contribution in [0, 0.1) is 0 Å². The SMILES string of the molecule is C/C=C(\C=C/CC(C)NC(=O)c1c(C(F)(F)F)nn(C)c1Oc1cccc(C(F)(F)F)c1)C(=O)O. The van der Waals surface area contributed by atoms with Gasteiger partial charge in [0, 0.05) is 13.1 Å². The summed E-state index contributed by atoms with van der Waals surface area (Å²) >= 11 is 0. The van der Waals surface area contributed by atoms with Gasteiger partial charge in [0.25, 0.3) is 5.91 Å². The van der Waals surface area contributed by atoms with E-state index in [1.807, 2.05) is 0 Å². The van der Waals surface area contributed by atoms with E-state index in [1.54, 1.807) is 0 Å². The standard InChI is InChI=1S/C22H21F6N3O4/c1-4-13(20(33)34)8-5-7-12(2)29-18(32)16-17(22(26,27)28)30-31(3)19(16)35-15-10-6-9-14(11-15)21(23,24)25/h4-6,8-12H,7H2,1-3H3,(H,29,32)(H,33,34)/b8-5-,13-4+. The minimum Gasteiger partial charge on any atom is -0.478 e. The van der Waals surface area contributed by atoms with Crippen molar-refractivity contribution in [1.29, 1.82) is 0 Å². The van der Waals surface area contributed by atoms with Crippen molar-refractivity contribution in [3.8, 4) is 11.6 Å². The number of rotatable bonds is 8. The lowest BCUT2D eigenvalue weighted by atomic mass is 10.1. The maximum absolute atomic E-state index is 13.6. The number of nitrogens with one attached hydrogen (secondary N) is 1. The number of aliphatic carboxylic acids is 1. The average molecular weight is 505 g/mol. The first-order chi connectivity index (χ1) is 16.1. The van der Waals surface area contributed by atoms with Crippen LogP contribution >= 0.6 is 0 Å². The van der Waals surface area contributed by atoms with E-state index < -0.39 is 58.7 Å². The van der Waals surface area contributed by atoms with Gasteiger partial charge >= 0.3 is 18.3 Å². The summed E-state index contributed by atoms with van der Waals surface area (Å²) in [6, 6.07) is 2.68. The molecule has 0 aliphatic rings. The molecule has 1 aromatic carbocycles. The second-order valence-corrected chi connectivity index (χ2v) is 7.34. The number of halogens is 6. The highest BCUT2D eigenvalue weighted by Gasteiger charge is 2.42. The minimum atomic E-state index is -5.06. The number of hydrogen-bond donors (Lipinski definition) is 2. The van der Waals surface area contributed by atoms with Crippen LogP contribution in [-0.4, -0.2) is 32.8 Å². The Kier molecular flexibility index (Phi) is 8.37. The molecule has 190 valence electrons. The Morgan fingerprint density at radius 3 is 2.40 bits per heavy atom. The first kappa shape index (κ1) is 27.5. The number of carbonyl (C=O) groups is 2. The third-order valence-electron chi connectivity index (χ3n) is 4.59. The molecule has 1 atom stereocenters. The molecule has 7 nitrogen and oxygen atoms in total. The largest absolute Gasteiger partial charge is 0.478 e. The number of carboxylic acids is 1. The fourth-order valence-electron chi connectivity index (χ4n) is 2.92. The zero-order valence-corrected chi connectivity index (χ0v) is 18.7. The summed E-state index contributed by atoms with van der Waals surface area (Å²) < 4.78 is 85.5. The fraction of sp³-hybridized carbons (Fsp3) is 0.318. The first-order valence-electron chi connectivity index (χ1n) is 10.0. The fourth-order valence-corrected chi connectivity index (χ4v) is 2.92. The van der Waals surface area contributed by atoms with Crippen molar-refractivity contribution in [2.75, 3.05) is 0 Å². The summed E-state index contributed by atoms with van der Waals surface area (Å²) in [4.78, 5) is 23.8. The Bertz CT molecular complexity index is 1150. The highest BCUT2D eigenvalue weighted by atomic mass is 19.4. The van der Waals surface area contributed by atoms with Crippen LogP contribution in [-0.2, 0) is 24.2 Å². The number of aromatic nitrogens is 2. The number of nitrogens with zero attached hydrogens (tertiary/aromatic N) is 2. The van der Waals surface area contributed by atoms with Crippen LogP contribution < -0.4 is 10.1 Å². The van der Waals surface area contributed by atoms with Gasteiger partial charge in [0.1, 0.15) is 11.3 Å². The number of amides is 1. The molecule has 2 aromatic rings. The van der Waals surface area contributed by atoms with Gasteiger partial charge in [-0.15, -0.1) is 0 Å². The normalized spacial score (nSPS) is 13.7. The molecule has 0 aliphatic heterocycles. The lowest BCUT2D eigenvalue weighted by molar-refractivity contribution is -0.142. The summed E-state index contributed by atoms with van der Waals surface area (Å²) in [7, 11) is 1.05. The van der Waals surface area contributed by atoms with Crippen molar-refractivity contribution in [3.63, 3.8) is 0 Å². The van der Waals surface area contributed by atoms with Gasteiger partial charge in [-0.2, -0.15) is 31.4 Å². The van der Waals surface area contributed by atoms with Crippen LogP contribution in [0.25, 0.3) is 0 Å². The molecule has 2 rings (SSSR count). The van der Waals surface area contributed by atoms with Crippen molar-refractivity contribution in [2.24, 2.45) is 7.05 Å². The van der Waals surface area contributed by atoms with Crippen LogP contribution in [0.4, 0.5) is 26.3 Å². The molecule has 13 heteroatoms. The Labute approximate surface area is 195 Å². The molecule has 1 unspecified atom stereocenters. The molecule has 1 heterocycles. The van der Waals surface area contributed by atoms with Crippen molar-refractivity contribution in [1.82, 2.24) is 15.1 Å². The lowest BCUT2D eigenvalue weighted by Gasteiger charge is -2.15. The molecule has 0 radical (unpaired) electrons. The molecule has 1 amide bonds. The summed E-state index contributed by atoms with van der Waals surface area (Å²) in [6.07, 6.45) is -5.68. The molecular formula is C22H21F6N3O4. The van der Waals surface area contributed by atoms with Crippen LogP contribution in [0.3, 0.4) is 0 Å². The first-order valence-corrected chi connectivity index (χ1v) is 10.0. The Morgan fingerprint density at radius 1 is 1.20 bits per heavy atom. The number of carboxylic acid groups (broad SMARTS) is 1. The zero-order valence-electron chi connectivity index (χ0n) is 18.7. The number of alkyl halides is 6. The predicted molar refractivity (Wildman–Crippen MR) is 112 cm³/mol. The number of aryl methyl sites for hydroxylation is 1. The molecule has 2 N–H and O–H groups in total. The second kappa shape index (κ2) is 10.7. The average Bonchev–Trinajstić information content (AvgIpc) is 3.07. The third-order valence-corrected chi connectivity index (χ3v) is 4.59. The Hall–Kier alpha value is -3.77. The van der Waals surface area contributed by atoms with Crippen LogP contribution in [0.1, 0.15) is 41.9 Å². The molecule has 0 aliphatic carbocycles. The predicted octanol–water partition coefficient (Wildman–Crippen LogP) is 5.35. The summed E-state index contributed by atoms with van der Waals surface area (Å²) in [6.45, 7) is 2.97. The van der Waals surface area contributed by atoms with Crippen LogP contribution in [0.15, 0.2) is 48.1 Å². The van der Waals surface area contributed by atoms with Gasteiger partial charge in [0.2, 0.25) is 5.88 Å². The van der Waals surface area contributed by atoms with Gasteiger partial charge in [0.05, 0.1) is 11.1 Å². The van der Waals surface area contributed by atoms with E-state index in [0.717, 1.165) is 25.2 Å². The van der Waals surface area contributed by atoms with Crippen molar-refractivity contribution < 1.29 is 45.8 Å². The van der Waals surface area contributed by atoms with Gasteiger partial charge in [-0.25, -0.2) is 9.48 Å². The summed E-state index contributed by atoms with van der Waals surface area (Å²) in [5.74, 6) is -3.56. The topological polar surface area (TPSA) is 93.5 Å². The molecular weight excluding hydrogens is 484 g/mol. The maximum atomic E-state index is 13.6. The van der Waals surface area contributed by atoms with Gasteiger partial charge < -0.3 is 15.2 Å². The van der Waals surface area contributed by atoms with Crippen LogP contribution in [0.2, 0.25) is 0 Å². The molecule has 0 fully saturated rings. The number of carbonyl (C=O) groups excluding carboxylic acids is 1. The zero-order chi connectivity index (χ0) is 26.6. The maximum Gasteiger partial charge on any atom is 0.436 e. The Morgan fingerprint density at radius 2 is 1.86 bits per heavy atom. The molecule has 0 saturated heterocycles. The number of benzene rings is 1. The van der Waals surface area contributed by atoms with E-state index >= 15 is 0 Å². The van der Waals surface area contributed by atoms with Gasteiger partial charge in [-0.05, 0) is 38.5 Å². The smallest absolute Gasteiger partial charge is 0.436 e. The highest BCUT2D eigenvalue weighted by Crippen LogP contribution is 2.38. The second-order valence-electron chi connectivity index (χ2n) is 7.34. The van der Waals surface area contributed by atoms with Crippen molar-refractivity contribution in [2.45, 2.75) is 38.7 Å². The molecule has 1 aromatic heterocycles. The molecule has 0 bridgehead atoms. The number of hydrogen-bond acceptors (Lipinski definition) is 4. The Balaban J connectivity index is 2.36. The van der Waals surface area contributed by atoms with Gasteiger partial charge in [0.15, 0.2) is 5.69 Å². The molecule has 35 heavy (non-hydrogen) atoms. The molecule has 0 saturated carbocycles. The number of allylic oxidation sites excluding steroid dienone is 1. The van der Waals surface area contributed by atoms with Crippen LogP contribution in [0.5, 0.6) is 11.6 Å². The van der Waals surface area contributed by atoms with Crippen molar-refractivity contribution in [3.05, 3.63) is 64.9 Å². The highest BCUT2D eigenvalue weighted by molar-refractivity contribution is 5.98. The summed E-state index contributed by atoms with van der Waals surface area (Å²) in [5, 5.41) is 14.6. The lowest BCUT2D eigenvalue weighted by Crippen LogP contribution is -2.33. The van der Waals surface area contributed by atoms with Gasteiger partial charge in [-0.3, -0.25) is 4.79 Å². The van der Waals surface area contributed by atoms with E-state index in [0.29, 0.717) is 10.7 Å².